The summed E-state index contributed by atoms with van der Waals surface area (Å²) in [5.41, 5.74) is -0.433. The third-order valence-corrected chi connectivity index (χ3v) is 3.40. The molecule has 1 aromatic rings. The van der Waals surface area contributed by atoms with Crippen molar-refractivity contribution in [1.82, 2.24) is 9.55 Å². The zero-order valence-electron chi connectivity index (χ0n) is 12.6. The zero-order valence-corrected chi connectivity index (χ0v) is 12.6. The first kappa shape index (κ1) is 16.3. The van der Waals surface area contributed by atoms with Crippen molar-refractivity contribution < 1.29 is 14.6 Å². The number of aliphatic hydroxyl groups is 1. The Kier molecular flexibility index (Phi) is 5.35. The largest absolute Gasteiger partial charge is 0.475 e. The number of ether oxygens (including phenoxy) is 2. The molecule has 0 unspecified atom stereocenters. The van der Waals surface area contributed by atoms with Gasteiger partial charge in [0.2, 0.25) is 0 Å². The highest BCUT2D eigenvalue weighted by molar-refractivity contribution is 5.37. The minimum absolute atomic E-state index is 0.0525. The van der Waals surface area contributed by atoms with Gasteiger partial charge in [-0.25, -0.2) is 4.79 Å². The molecule has 0 bridgehead atoms. The third kappa shape index (κ3) is 3.75. The molecule has 120 valence electrons. The van der Waals surface area contributed by atoms with Crippen LogP contribution in [0.3, 0.4) is 0 Å². The number of aliphatic hydroxyl groups excluding tert-OH is 1. The average molecular weight is 307 g/mol. The van der Waals surface area contributed by atoms with Gasteiger partial charge < -0.3 is 19.9 Å². The SMILES string of the molecule is C=CCOC(=C)Nc1ccn([C@@H]2O[C@H](CO)C[C@@H]2C)c(=O)n1. The molecule has 1 aliphatic rings. The van der Waals surface area contributed by atoms with Gasteiger partial charge in [-0.15, -0.1) is 0 Å². The van der Waals surface area contributed by atoms with Crippen LogP contribution in [0.5, 0.6) is 0 Å². The van der Waals surface area contributed by atoms with Crippen molar-refractivity contribution in [1.29, 1.82) is 0 Å². The van der Waals surface area contributed by atoms with Crippen LogP contribution in [0.1, 0.15) is 19.6 Å². The van der Waals surface area contributed by atoms with Gasteiger partial charge in [-0.1, -0.05) is 19.6 Å². The van der Waals surface area contributed by atoms with Gasteiger partial charge >= 0.3 is 5.69 Å². The van der Waals surface area contributed by atoms with Crippen LogP contribution < -0.4 is 11.0 Å². The number of rotatable bonds is 7. The summed E-state index contributed by atoms with van der Waals surface area (Å²) in [5.74, 6) is 0.761. The number of nitrogens with one attached hydrogen (secondary N) is 1. The normalized spacial score (nSPS) is 24.0. The quantitative estimate of drug-likeness (QED) is 0.582. The number of hydrogen-bond acceptors (Lipinski definition) is 6. The highest BCUT2D eigenvalue weighted by Crippen LogP contribution is 2.32. The van der Waals surface area contributed by atoms with Crippen molar-refractivity contribution in [2.24, 2.45) is 5.92 Å². The maximum atomic E-state index is 12.1. The smallest absolute Gasteiger partial charge is 0.351 e. The lowest BCUT2D eigenvalue weighted by atomic mass is 10.1. The molecule has 0 aliphatic carbocycles. The monoisotopic (exact) mass is 307 g/mol. The lowest BCUT2D eigenvalue weighted by molar-refractivity contribution is -0.0335. The summed E-state index contributed by atoms with van der Waals surface area (Å²) in [6, 6.07) is 1.65. The molecule has 0 radical (unpaired) electrons. The van der Waals surface area contributed by atoms with Crippen LogP contribution in [0.2, 0.25) is 0 Å². The van der Waals surface area contributed by atoms with E-state index >= 15 is 0 Å². The molecule has 2 N–H and O–H groups in total. The van der Waals surface area contributed by atoms with Crippen molar-refractivity contribution >= 4 is 5.82 Å². The number of nitrogens with zero attached hydrogens (tertiary/aromatic N) is 2. The predicted molar refractivity (Wildman–Crippen MR) is 82.2 cm³/mol. The maximum absolute atomic E-state index is 12.1. The van der Waals surface area contributed by atoms with Crippen molar-refractivity contribution in [3.63, 3.8) is 0 Å². The summed E-state index contributed by atoms with van der Waals surface area (Å²) in [4.78, 5) is 16.1. The Bertz CT molecular complexity index is 599. The van der Waals surface area contributed by atoms with E-state index in [1.165, 1.54) is 4.57 Å². The van der Waals surface area contributed by atoms with Crippen LogP contribution in [-0.4, -0.2) is 34.0 Å². The minimum atomic E-state index is -0.433. The second-order valence-electron chi connectivity index (χ2n) is 5.19. The van der Waals surface area contributed by atoms with E-state index in [4.69, 9.17) is 14.6 Å². The molecule has 7 heteroatoms. The summed E-state index contributed by atoms with van der Waals surface area (Å²) >= 11 is 0. The van der Waals surface area contributed by atoms with E-state index in [2.05, 4.69) is 23.5 Å². The first-order valence-corrected chi connectivity index (χ1v) is 7.10. The van der Waals surface area contributed by atoms with Crippen LogP contribution in [0.25, 0.3) is 0 Å². The van der Waals surface area contributed by atoms with Crippen LogP contribution in [0, 0.1) is 5.92 Å². The summed E-state index contributed by atoms with van der Waals surface area (Å²) in [5, 5.41) is 12.0. The van der Waals surface area contributed by atoms with E-state index in [1.54, 1.807) is 18.3 Å². The van der Waals surface area contributed by atoms with Crippen LogP contribution in [0.15, 0.2) is 42.2 Å². The molecule has 0 aromatic carbocycles. The first-order valence-electron chi connectivity index (χ1n) is 7.10. The van der Waals surface area contributed by atoms with Gasteiger partial charge in [-0.05, 0) is 19.1 Å². The highest BCUT2D eigenvalue weighted by Gasteiger charge is 2.33. The lowest BCUT2D eigenvalue weighted by Gasteiger charge is -2.18. The molecule has 7 nitrogen and oxygen atoms in total. The molecular weight excluding hydrogens is 286 g/mol. The van der Waals surface area contributed by atoms with Crippen LogP contribution in [0.4, 0.5) is 5.82 Å². The minimum Gasteiger partial charge on any atom is -0.475 e. The summed E-state index contributed by atoms with van der Waals surface area (Å²) in [6.45, 7) is 9.44. The van der Waals surface area contributed by atoms with Crippen molar-refractivity contribution in [2.75, 3.05) is 18.5 Å². The molecule has 0 saturated carbocycles. The van der Waals surface area contributed by atoms with Crippen molar-refractivity contribution in [2.45, 2.75) is 25.7 Å². The van der Waals surface area contributed by atoms with Crippen LogP contribution >= 0.6 is 0 Å². The molecule has 0 amide bonds. The van der Waals surface area contributed by atoms with Crippen molar-refractivity contribution in [3.8, 4) is 0 Å². The molecule has 1 saturated heterocycles. The Labute approximate surface area is 128 Å². The highest BCUT2D eigenvalue weighted by atomic mass is 16.5. The zero-order chi connectivity index (χ0) is 16.1. The maximum Gasteiger partial charge on any atom is 0.351 e. The standard InChI is InChI=1S/C15H21N3O4/c1-4-7-21-11(3)16-13-5-6-18(15(20)17-13)14-10(2)8-12(9-19)22-14/h4-6,10,12,14,19H,1,3,7-9H2,2H3,(H,16,17,20)/t10-,12-,14+/m0/s1. The van der Waals surface area contributed by atoms with Crippen LogP contribution in [-0.2, 0) is 9.47 Å². The van der Waals surface area contributed by atoms with E-state index in [0.717, 1.165) is 0 Å². The fourth-order valence-corrected chi connectivity index (χ4v) is 2.39. The second kappa shape index (κ2) is 7.24. The number of hydrogen-bond donors (Lipinski definition) is 2. The van der Waals surface area contributed by atoms with E-state index in [9.17, 15) is 4.79 Å². The molecule has 1 aromatic heterocycles. The van der Waals surface area contributed by atoms with E-state index in [-0.39, 0.29) is 24.5 Å². The Morgan fingerprint density at radius 2 is 2.50 bits per heavy atom. The first-order chi connectivity index (χ1) is 10.5. The third-order valence-electron chi connectivity index (χ3n) is 3.40. The van der Waals surface area contributed by atoms with Gasteiger partial charge in [0, 0.05) is 12.1 Å². The summed E-state index contributed by atoms with van der Waals surface area (Å²) < 4.78 is 12.3. The second-order valence-corrected chi connectivity index (χ2v) is 5.19. The Morgan fingerprint density at radius 1 is 1.73 bits per heavy atom. The Balaban J connectivity index is 2.08. The number of anilines is 1. The summed E-state index contributed by atoms with van der Waals surface area (Å²) in [7, 11) is 0. The average Bonchev–Trinajstić information content (AvgIpc) is 2.86. The van der Waals surface area contributed by atoms with Gasteiger partial charge in [0.05, 0.1) is 12.7 Å². The van der Waals surface area contributed by atoms with E-state index < -0.39 is 11.9 Å². The van der Waals surface area contributed by atoms with Gasteiger partial charge in [-0.2, -0.15) is 4.98 Å². The Hall–Kier alpha value is -2.12. The van der Waals surface area contributed by atoms with E-state index in [1.807, 2.05) is 6.92 Å². The van der Waals surface area contributed by atoms with Crippen molar-refractivity contribution in [3.05, 3.63) is 47.9 Å². The fourth-order valence-electron chi connectivity index (χ4n) is 2.39. The number of aromatic nitrogens is 2. The molecule has 2 heterocycles. The molecule has 2 rings (SSSR count). The molecule has 1 fully saturated rings. The molecular formula is C15H21N3O4. The molecule has 22 heavy (non-hydrogen) atoms. The fraction of sp³-hybridized carbons (Fsp3) is 0.467. The lowest BCUT2D eigenvalue weighted by Crippen LogP contribution is -2.29. The Morgan fingerprint density at radius 3 is 3.09 bits per heavy atom. The van der Waals surface area contributed by atoms with E-state index in [0.29, 0.717) is 18.8 Å². The predicted octanol–water partition coefficient (Wildman–Crippen LogP) is 1.24. The van der Waals surface area contributed by atoms with Gasteiger partial charge in [0.25, 0.3) is 0 Å². The van der Waals surface area contributed by atoms with Gasteiger partial charge in [-0.3, -0.25) is 4.57 Å². The summed E-state index contributed by atoms with van der Waals surface area (Å²) in [6.07, 6.45) is 3.26. The molecule has 0 spiro atoms. The topological polar surface area (TPSA) is 85.6 Å². The molecule has 1 aliphatic heterocycles. The molecule has 3 atom stereocenters. The van der Waals surface area contributed by atoms with Gasteiger partial charge in [0.1, 0.15) is 18.7 Å². The van der Waals surface area contributed by atoms with Gasteiger partial charge in [0.15, 0.2) is 5.88 Å².